The van der Waals surface area contributed by atoms with Crippen LogP contribution in [0.15, 0.2) is 28.7 Å². The van der Waals surface area contributed by atoms with Crippen molar-refractivity contribution in [3.63, 3.8) is 0 Å². The molecule has 0 spiro atoms. The van der Waals surface area contributed by atoms with Crippen LogP contribution in [0.1, 0.15) is 36.4 Å². The number of piperidine rings is 1. The number of benzene rings is 1. The molecule has 0 bridgehead atoms. The Morgan fingerprint density at radius 3 is 2.77 bits per heavy atom. The maximum Gasteiger partial charge on any atom is 0.289 e. The predicted molar refractivity (Wildman–Crippen MR) is 90.5 cm³/mol. The van der Waals surface area contributed by atoms with Crippen LogP contribution in [0.3, 0.4) is 0 Å². The largest absolute Gasteiger partial charge is 0.451 e. The number of carbonyl (C=O) groups is 1. The Morgan fingerprint density at radius 1 is 1.36 bits per heavy atom. The first-order valence-electron chi connectivity index (χ1n) is 7.42. The number of hydrogen-bond donors (Lipinski definition) is 1. The van der Waals surface area contributed by atoms with E-state index in [0.717, 1.165) is 23.0 Å². The first kappa shape index (κ1) is 16.8. The highest BCUT2D eigenvalue weighted by molar-refractivity contribution is 5.96. The van der Waals surface area contributed by atoms with E-state index in [1.54, 1.807) is 0 Å². The molecule has 4 nitrogen and oxygen atoms in total. The number of fused-ring (bicyclic) bond motifs is 1. The molecule has 1 aromatic heterocycles. The van der Waals surface area contributed by atoms with Gasteiger partial charge in [-0.05, 0) is 37.0 Å². The zero-order valence-electron chi connectivity index (χ0n) is 13.3. The molecule has 1 atom stereocenters. The number of amides is 1. The molecule has 0 saturated carbocycles. The third-order valence-corrected chi connectivity index (χ3v) is 4.48. The van der Waals surface area contributed by atoms with Crippen molar-refractivity contribution in [2.24, 2.45) is 11.1 Å². The summed E-state index contributed by atoms with van der Waals surface area (Å²) >= 11 is 0. The lowest BCUT2D eigenvalue weighted by Gasteiger charge is -2.42. The van der Waals surface area contributed by atoms with Crippen LogP contribution in [0.2, 0.25) is 0 Å². The Hall–Kier alpha value is -1.52. The van der Waals surface area contributed by atoms with Crippen LogP contribution in [-0.2, 0) is 0 Å². The Morgan fingerprint density at radius 2 is 2.09 bits per heavy atom. The fourth-order valence-electron chi connectivity index (χ4n) is 2.97. The highest BCUT2D eigenvalue weighted by atomic mass is 35.5. The molecule has 120 valence electrons. The minimum atomic E-state index is -0.0590. The molecule has 1 aliphatic rings. The Balaban J connectivity index is 0.00000176. The first-order chi connectivity index (χ1) is 9.87. The number of aryl methyl sites for hydroxylation is 1. The number of hydrogen-bond acceptors (Lipinski definition) is 3. The summed E-state index contributed by atoms with van der Waals surface area (Å²) in [6.07, 6.45) is 0.831. The van der Waals surface area contributed by atoms with E-state index in [1.165, 1.54) is 0 Å². The number of nitrogens with two attached hydrogens (primary N) is 1. The molecule has 1 amide bonds. The number of nitrogens with zero attached hydrogens (tertiary/aromatic N) is 1. The third-order valence-electron chi connectivity index (χ3n) is 4.48. The van der Waals surface area contributed by atoms with Gasteiger partial charge >= 0.3 is 0 Å². The summed E-state index contributed by atoms with van der Waals surface area (Å²) in [6.45, 7) is 7.61. The highest BCUT2D eigenvalue weighted by Gasteiger charge is 2.36. The van der Waals surface area contributed by atoms with Crippen LogP contribution < -0.4 is 5.73 Å². The van der Waals surface area contributed by atoms with E-state index in [4.69, 9.17) is 10.2 Å². The van der Waals surface area contributed by atoms with Gasteiger partial charge in [0.05, 0.1) is 0 Å². The van der Waals surface area contributed by atoms with Crippen LogP contribution in [-0.4, -0.2) is 29.9 Å². The maximum absolute atomic E-state index is 12.6. The molecule has 2 N–H and O–H groups in total. The van der Waals surface area contributed by atoms with E-state index >= 15 is 0 Å². The normalized spacial score (nSPS) is 20.7. The van der Waals surface area contributed by atoms with Gasteiger partial charge in [0.25, 0.3) is 5.91 Å². The summed E-state index contributed by atoms with van der Waals surface area (Å²) in [5.74, 6) is 0.380. The number of furan rings is 1. The minimum Gasteiger partial charge on any atom is -0.451 e. The molecule has 5 heteroatoms. The monoisotopic (exact) mass is 322 g/mol. The van der Waals surface area contributed by atoms with Gasteiger partial charge in [0.15, 0.2) is 5.76 Å². The van der Waals surface area contributed by atoms with E-state index in [0.29, 0.717) is 18.8 Å². The van der Waals surface area contributed by atoms with Crippen molar-refractivity contribution in [3.05, 3.63) is 35.6 Å². The number of carbonyl (C=O) groups excluding carboxylic acids is 1. The zero-order chi connectivity index (χ0) is 15.2. The summed E-state index contributed by atoms with van der Waals surface area (Å²) < 4.78 is 5.71. The lowest BCUT2D eigenvalue weighted by atomic mass is 9.79. The van der Waals surface area contributed by atoms with Crippen LogP contribution in [0.4, 0.5) is 0 Å². The smallest absolute Gasteiger partial charge is 0.289 e. The maximum atomic E-state index is 12.6. The Bertz CT molecular complexity index is 693. The van der Waals surface area contributed by atoms with Crippen molar-refractivity contribution in [2.45, 2.75) is 33.2 Å². The standard InChI is InChI=1S/C17H22N2O2.ClH/c1-11-4-5-13-12(8-11)9-14(21-13)16(20)19-7-6-15(18)17(2,3)10-19;/h4-5,8-9,15H,6-7,10,18H2,1-3H3;1H. The summed E-state index contributed by atoms with van der Waals surface area (Å²) in [5, 5.41) is 0.978. The SMILES string of the molecule is Cc1ccc2oc(C(=O)N3CCC(N)C(C)(C)C3)cc2c1.Cl. The molecule has 1 aromatic carbocycles. The van der Waals surface area contributed by atoms with E-state index < -0.39 is 0 Å². The fraction of sp³-hybridized carbons (Fsp3) is 0.471. The second kappa shape index (κ2) is 5.94. The van der Waals surface area contributed by atoms with Gasteiger partial charge in [-0.1, -0.05) is 25.5 Å². The Labute approximate surface area is 137 Å². The summed E-state index contributed by atoms with van der Waals surface area (Å²) in [7, 11) is 0. The van der Waals surface area contributed by atoms with Gasteiger partial charge in [-0.25, -0.2) is 0 Å². The quantitative estimate of drug-likeness (QED) is 0.875. The molecule has 1 saturated heterocycles. The lowest BCUT2D eigenvalue weighted by molar-refractivity contribution is 0.0505. The van der Waals surface area contributed by atoms with E-state index in [1.807, 2.05) is 36.1 Å². The topological polar surface area (TPSA) is 59.5 Å². The molecule has 1 aliphatic heterocycles. The summed E-state index contributed by atoms with van der Waals surface area (Å²) in [6, 6.07) is 7.92. The van der Waals surface area contributed by atoms with Crippen molar-refractivity contribution in [3.8, 4) is 0 Å². The number of halogens is 1. The second-order valence-electron chi connectivity index (χ2n) is 6.76. The van der Waals surface area contributed by atoms with Gasteiger partial charge in [-0.2, -0.15) is 0 Å². The first-order valence-corrected chi connectivity index (χ1v) is 7.42. The molecule has 2 heterocycles. The third kappa shape index (κ3) is 2.99. The fourth-order valence-corrected chi connectivity index (χ4v) is 2.97. The molecule has 1 fully saturated rings. The van der Waals surface area contributed by atoms with Crippen LogP contribution in [0.5, 0.6) is 0 Å². The molecular weight excluding hydrogens is 300 g/mol. The van der Waals surface area contributed by atoms with Crippen LogP contribution in [0, 0.1) is 12.3 Å². The van der Waals surface area contributed by atoms with E-state index in [9.17, 15) is 4.79 Å². The molecular formula is C17H23ClN2O2. The molecule has 0 radical (unpaired) electrons. The minimum absolute atomic E-state index is 0. The summed E-state index contributed by atoms with van der Waals surface area (Å²) in [4.78, 5) is 14.5. The zero-order valence-corrected chi connectivity index (χ0v) is 14.1. The molecule has 2 aromatic rings. The van der Waals surface area contributed by atoms with Crippen LogP contribution >= 0.6 is 12.4 Å². The summed E-state index contributed by atoms with van der Waals surface area (Å²) in [5.41, 5.74) is 7.99. The average Bonchev–Trinajstić information content (AvgIpc) is 2.83. The highest BCUT2D eigenvalue weighted by Crippen LogP contribution is 2.29. The average molecular weight is 323 g/mol. The lowest BCUT2D eigenvalue weighted by Crippen LogP contribution is -2.53. The molecule has 1 unspecified atom stereocenters. The molecule has 0 aliphatic carbocycles. The van der Waals surface area contributed by atoms with Crippen molar-refractivity contribution in [1.29, 1.82) is 0 Å². The number of likely N-dealkylation sites (tertiary alicyclic amines) is 1. The van der Waals surface area contributed by atoms with Gasteiger partial charge in [0.1, 0.15) is 5.58 Å². The predicted octanol–water partition coefficient (Wildman–Crippen LogP) is 3.36. The van der Waals surface area contributed by atoms with Gasteiger partial charge < -0.3 is 15.1 Å². The Kier molecular flexibility index (Phi) is 4.54. The molecule has 3 rings (SSSR count). The number of rotatable bonds is 1. The van der Waals surface area contributed by atoms with Crippen molar-refractivity contribution < 1.29 is 9.21 Å². The van der Waals surface area contributed by atoms with Crippen molar-refractivity contribution in [1.82, 2.24) is 4.90 Å². The van der Waals surface area contributed by atoms with Crippen molar-refractivity contribution in [2.75, 3.05) is 13.1 Å². The van der Waals surface area contributed by atoms with Gasteiger partial charge in [-0.15, -0.1) is 12.4 Å². The van der Waals surface area contributed by atoms with Gasteiger partial charge in [0, 0.05) is 24.5 Å². The van der Waals surface area contributed by atoms with Gasteiger partial charge in [-0.3, -0.25) is 4.79 Å². The van der Waals surface area contributed by atoms with Crippen LogP contribution in [0.25, 0.3) is 11.0 Å². The van der Waals surface area contributed by atoms with Crippen molar-refractivity contribution >= 4 is 29.3 Å². The van der Waals surface area contributed by atoms with E-state index in [-0.39, 0.29) is 29.8 Å². The second-order valence-corrected chi connectivity index (χ2v) is 6.76. The molecule has 22 heavy (non-hydrogen) atoms. The van der Waals surface area contributed by atoms with Gasteiger partial charge in [0.2, 0.25) is 0 Å². The van der Waals surface area contributed by atoms with E-state index in [2.05, 4.69) is 13.8 Å².